The fraction of sp³-hybridized carbons (Fsp3) is 0.583. The smallest absolute Gasteiger partial charge is 0.323 e. The molecule has 0 spiro atoms. The van der Waals surface area contributed by atoms with Gasteiger partial charge in [-0.2, -0.15) is 0 Å². The van der Waals surface area contributed by atoms with E-state index in [4.69, 9.17) is 5.11 Å². The van der Waals surface area contributed by atoms with Crippen LogP contribution in [0.25, 0.3) is 0 Å². The zero-order valence-electron chi connectivity index (χ0n) is 11.2. The number of carbonyl (C=O) groups is 2. The van der Waals surface area contributed by atoms with Crippen LogP contribution in [-0.4, -0.2) is 46.6 Å². The van der Waals surface area contributed by atoms with E-state index in [1.165, 1.54) is 4.90 Å². The normalized spacial score (nSPS) is 10.2. The Kier molecular flexibility index (Phi) is 6.27. The molecule has 0 radical (unpaired) electrons. The second-order valence-corrected chi connectivity index (χ2v) is 5.22. The summed E-state index contributed by atoms with van der Waals surface area (Å²) in [4.78, 5) is 28.1. The minimum absolute atomic E-state index is 0.268. The molecule has 0 fully saturated rings. The molecular formula is C12H19N3O3S. The lowest BCUT2D eigenvalue weighted by Gasteiger charge is -2.20. The summed E-state index contributed by atoms with van der Waals surface area (Å²) in [5, 5.41) is 14.4. The highest BCUT2D eigenvalue weighted by Gasteiger charge is 2.15. The van der Waals surface area contributed by atoms with Crippen LogP contribution in [0.15, 0.2) is 5.38 Å². The van der Waals surface area contributed by atoms with Crippen LogP contribution in [0.4, 0.5) is 4.79 Å². The van der Waals surface area contributed by atoms with Crippen LogP contribution in [0.1, 0.15) is 24.0 Å². The van der Waals surface area contributed by atoms with E-state index in [-0.39, 0.29) is 12.6 Å². The van der Waals surface area contributed by atoms with E-state index in [1.807, 2.05) is 19.2 Å². The largest absolute Gasteiger partial charge is 0.480 e. The molecule has 0 saturated heterocycles. The van der Waals surface area contributed by atoms with E-state index in [1.54, 1.807) is 11.3 Å². The Morgan fingerprint density at radius 1 is 1.53 bits per heavy atom. The number of rotatable bonds is 7. The van der Waals surface area contributed by atoms with Gasteiger partial charge in [0.05, 0.1) is 10.7 Å². The number of hydrogen-bond acceptors (Lipinski definition) is 4. The van der Waals surface area contributed by atoms with Crippen molar-refractivity contribution in [3.8, 4) is 0 Å². The van der Waals surface area contributed by atoms with Gasteiger partial charge in [-0.1, -0.05) is 6.92 Å². The highest BCUT2D eigenvalue weighted by atomic mass is 32.1. The molecule has 0 aliphatic heterocycles. The first kappa shape index (κ1) is 15.4. The van der Waals surface area contributed by atoms with Crippen molar-refractivity contribution in [2.75, 3.05) is 19.6 Å². The fourth-order valence-corrected chi connectivity index (χ4v) is 2.27. The summed E-state index contributed by atoms with van der Waals surface area (Å²) in [6.45, 7) is 4.47. The Morgan fingerprint density at radius 2 is 2.26 bits per heavy atom. The van der Waals surface area contributed by atoms with Gasteiger partial charge in [0.25, 0.3) is 0 Å². The lowest BCUT2D eigenvalue weighted by Crippen LogP contribution is -2.43. The van der Waals surface area contributed by atoms with Crippen molar-refractivity contribution in [3.63, 3.8) is 0 Å². The maximum absolute atomic E-state index is 11.8. The standard InChI is InChI=1S/C12H19N3O3S/c1-3-6-15(7-11(16)17)12(18)13-5-4-10-8-19-9(2)14-10/h8H,3-7H2,1-2H3,(H,13,18)(H,16,17). The highest BCUT2D eigenvalue weighted by molar-refractivity contribution is 7.09. The maximum Gasteiger partial charge on any atom is 0.323 e. The predicted molar refractivity (Wildman–Crippen MR) is 73.5 cm³/mol. The number of amides is 2. The lowest BCUT2D eigenvalue weighted by molar-refractivity contribution is -0.137. The third-order valence-corrected chi connectivity index (χ3v) is 3.25. The molecule has 1 rings (SSSR count). The van der Waals surface area contributed by atoms with Crippen molar-refractivity contribution in [1.82, 2.24) is 15.2 Å². The van der Waals surface area contributed by atoms with Crippen LogP contribution >= 0.6 is 11.3 Å². The second kappa shape index (κ2) is 7.73. The monoisotopic (exact) mass is 285 g/mol. The van der Waals surface area contributed by atoms with Crippen molar-refractivity contribution in [2.24, 2.45) is 0 Å². The minimum Gasteiger partial charge on any atom is -0.480 e. The zero-order valence-corrected chi connectivity index (χ0v) is 12.0. The zero-order chi connectivity index (χ0) is 14.3. The number of aliphatic carboxylic acids is 1. The van der Waals surface area contributed by atoms with Crippen molar-refractivity contribution in [3.05, 3.63) is 16.1 Å². The van der Waals surface area contributed by atoms with Crippen molar-refractivity contribution >= 4 is 23.3 Å². The number of nitrogens with zero attached hydrogens (tertiary/aromatic N) is 2. The van der Waals surface area contributed by atoms with Crippen molar-refractivity contribution < 1.29 is 14.7 Å². The molecule has 0 saturated carbocycles. The molecule has 7 heteroatoms. The van der Waals surface area contributed by atoms with Gasteiger partial charge >= 0.3 is 12.0 Å². The summed E-state index contributed by atoms with van der Waals surface area (Å²) in [6.07, 6.45) is 1.38. The van der Waals surface area contributed by atoms with Gasteiger partial charge in [-0.25, -0.2) is 9.78 Å². The minimum atomic E-state index is -1.00. The Bertz CT molecular complexity index is 434. The summed E-state index contributed by atoms with van der Waals surface area (Å²) in [6, 6.07) is -0.337. The van der Waals surface area contributed by atoms with Crippen LogP contribution in [-0.2, 0) is 11.2 Å². The summed E-state index contributed by atoms with van der Waals surface area (Å²) >= 11 is 1.57. The summed E-state index contributed by atoms with van der Waals surface area (Å²) < 4.78 is 0. The Balaban J connectivity index is 2.37. The van der Waals surface area contributed by atoms with Gasteiger partial charge in [0.2, 0.25) is 0 Å². The number of carbonyl (C=O) groups excluding carboxylic acids is 1. The van der Waals surface area contributed by atoms with Crippen molar-refractivity contribution in [2.45, 2.75) is 26.7 Å². The first-order valence-electron chi connectivity index (χ1n) is 6.18. The van der Waals surface area contributed by atoms with Gasteiger partial charge in [0.15, 0.2) is 0 Å². The number of thiazole rings is 1. The van der Waals surface area contributed by atoms with Gasteiger partial charge in [-0.3, -0.25) is 4.79 Å². The molecule has 1 aromatic heterocycles. The molecule has 0 bridgehead atoms. The first-order chi connectivity index (χ1) is 9.02. The molecule has 0 unspecified atom stereocenters. The molecule has 0 atom stereocenters. The number of aromatic nitrogens is 1. The predicted octanol–water partition coefficient (Wildman–Crippen LogP) is 1.50. The number of aryl methyl sites for hydroxylation is 1. The van der Waals surface area contributed by atoms with E-state index < -0.39 is 5.97 Å². The van der Waals surface area contributed by atoms with Gasteiger partial charge in [0, 0.05) is 24.9 Å². The molecule has 1 heterocycles. The molecule has 1 aromatic rings. The molecule has 0 aliphatic carbocycles. The van der Waals surface area contributed by atoms with Gasteiger partial charge in [0.1, 0.15) is 6.54 Å². The Morgan fingerprint density at radius 3 is 2.79 bits per heavy atom. The van der Waals surface area contributed by atoms with E-state index in [0.29, 0.717) is 19.5 Å². The Labute approximate surface area is 116 Å². The molecule has 0 aliphatic rings. The first-order valence-corrected chi connectivity index (χ1v) is 7.06. The summed E-state index contributed by atoms with van der Waals surface area (Å²) in [7, 11) is 0. The summed E-state index contributed by atoms with van der Waals surface area (Å²) in [5.41, 5.74) is 0.947. The van der Waals surface area contributed by atoms with Crippen LogP contribution in [0.5, 0.6) is 0 Å². The van der Waals surface area contributed by atoms with Gasteiger partial charge in [-0.05, 0) is 13.3 Å². The van der Waals surface area contributed by atoms with Gasteiger partial charge < -0.3 is 15.3 Å². The molecule has 106 valence electrons. The van der Waals surface area contributed by atoms with Crippen LogP contribution in [0, 0.1) is 6.92 Å². The van der Waals surface area contributed by atoms with Crippen LogP contribution < -0.4 is 5.32 Å². The quantitative estimate of drug-likeness (QED) is 0.795. The molecule has 2 amide bonds. The van der Waals surface area contributed by atoms with Crippen molar-refractivity contribution in [1.29, 1.82) is 0 Å². The van der Waals surface area contributed by atoms with Crippen LogP contribution in [0.3, 0.4) is 0 Å². The second-order valence-electron chi connectivity index (χ2n) is 4.16. The molecule has 0 aromatic carbocycles. The van der Waals surface area contributed by atoms with Crippen LogP contribution in [0.2, 0.25) is 0 Å². The number of carboxylic acid groups (broad SMARTS) is 1. The van der Waals surface area contributed by atoms with E-state index in [0.717, 1.165) is 17.1 Å². The SMILES string of the molecule is CCCN(CC(=O)O)C(=O)NCCc1csc(C)n1. The maximum atomic E-state index is 11.8. The number of hydrogen-bond donors (Lipinski definition) is 2. The molecule has 19 heavy (non-hydrogen) atoms. The van der Waals surface area contributed by atoms with E-state index in [9.17, 15) is 9.59 Å². The van der Waals surface area contributed by atoms with E-state index >= 15 is 0 Å². The Hall–Kier alpha value is -1.63. The highest BCUT2D eigenvalue weighted by Crippen LogP contribution is 2.07. The topological polar surface area (TPSA) is 82.5 Å². The van der Waals surface area contributed by atoms with E-state index in [2.05, 4.69) is 10.3 Å². The summed E-state index contributed by atoms with van der Waals surface area (Å²) in [5.74, 6) is -1.00. The number of urea groups is 1. The third-order valence-electron chi connectivity index (χ3n) is 2.43. The average Bonchev–Trinajstić information content (AvgIpc) is 2.74. The number of carboxylic acids is 1. The fourth-order valence-electron chi connectivity index (χ4n) is 1.62. The molecular weight excluding hydrogens is 266 g/mol. The molecule has 6 nitrogen and oxygen atoms in total. The van der Waals surface area contributed by atoms with Gasteiger partial charge in [-0.15, -0.1) is 11.3 Å². The third kappa shape index (κ3) is 5.69. The lowest BCUT2D eigenvalue weighted by atomic mass is 10.3. The number of nitrogens with one attached hydrogen (secondary N) is 1. The average molecular weight is 285 g/mol. The molecule has 2 N–H and O–H groups in total.